The zero-order valence-electron chi connectivity index (χ0n) is 19.6. The summed E-state index contributed by atoms with van der Waals surface area (Å²) in [6.45, 7) is 5.82. The number of carbonyl (C=O) groups excluding carboxylic acids is 2. The van der Waals surface area contributed by atoms with Gasteiger partial charge in [-0.05, 0) is 77.6 Å². The number of ether oxygens (including phenoxy) is 4. The summed E-state index contributed by atoms with van der Waals surface area (Å²) in [7, 11) is 3.15. The van der Waals surface area contributed by atoms with Gasteiger partial charge in [0.25, 0.3) is 0 Å². The lowest BCUT2D eigenvalue weighted by atomic mass is 9.81. The zero-order chi connectivity index (χ0) is 23.7. The second kappa shape index (κ2) is 9.14. The molecule has 0 heterocycles. The van der Waals surface area contributed by atoms with Gasteiger partial charge in [-0.3, -0.25) is 9.59 Å². The van der Waals surface area contributed by atoms with Crippen molar-refractivity contribution in [2.75, 3.05) is 27.4 Å². The van der Waals surface area contributed by atoms with Crippen LogP contribution in [0, 0.1) is 12.8 Å². The Bertz CT molecular complexity index is 1210. The molecule has 4 rings (SSSR count). The van der Waals surface area contributed by atoms with Crippen molar-refractivity contribution in [3.05, 3.63) is 59.2 Å². The van der Waals surface area contributed by atoms with E-state index in [1.807, 2.05) is 31.2 Å². The van der Waals surface area contributed by atoms with Crippen molar-refractivity contribution in [2.45, 2.75) is 26.7 Å². The lowest BCUT2D eigenvalue weighted by molar-refractivity contribution is -0.162. The Kier molecular flexibility index (Phi) is 6.27. The predicted molar refractivity (Wildman–Crippen MR) is 126 cm³/mol. The van der Waals surface area contributed by atoms with Crippen LogP contribution in [-0.2, 0) is 19.1 Å². The fourth-order valence-corrected chi connectivity index (χ4v) is 4.89. The van der Waals surface area contributed by atoms with Gasteiger partial charge in [-0.15, -0.1) is 0 Å². The van der Waals surface area contributed by atoms with Crippen molar-refractivity contribution in [2.24, 2.45) is 5.92 Å². The van der Waals surface area contributed by atoms with E-state index >= 15 is 0 Å². The van der Waals surface area contributed by atoms with E-state index < -0.39 is 23.8 Å². The molecule has 0 saturated carbocycles. The van der Waals surface area contributed by atoms with Gasteiger partial charge in [-0.2, -0.15) is 0 Å². The Hall–Kier alpha value is -3.54. The molecule has 0 fully saturated rings. The number of carbonyl (C=O) groups is 2. The van der Waals surface area contributed by atoms with E-state index in [0.29, 0.717) is 11.5 Å². The quantitative estimate of drug-likeness (QED) is 0.373. The number of hydrogen-bond donors (Lipinski definition) is 0. The molecule has 0 radical (unpaired) electrons. The summed E-state index contributed by atoms with van der Waals surface area (Å²) in [5.74, 6) is -1.79. The van der Waals surface area contributed by atoms with Gasteiger partial charge in [-0.25, -0.2) is 0 Å². The molecule has 0 amide bonds. The number of aryl methyl sites for hydroxylation is 1. The average molecular weight is 449 g/mol. The third-order valence-electron chi connectivity index (χ3n) is 6.27. The highest BCUT2D eigenvalue weighted by molar-refractivity contribution is 6.02. The molecule has 1 aliphatic rings. The third kappa shape index (κ3) is 3.69. The Labute approximate surface area is 193 Å². The van der Waals surface area contributed by atoms with Crippen molar-refractivity contribution < 1.29 is 28.5 Å². The van der Waals surface area contributed by atoms with Crippen LogP contribution in [0.1, 0.15) is 36.5 Å². The fraction of sp³-hybridized carbons (Fsp3) is 0.333. The minimum Gasteiger partial charge on any atom is -0.493 e. The molecule has 0 unspecified atom stereocenters. The molecule has 3 aromatic carbocycles. The molecule has 0 N–H and O–H groups in total. The normalized spacial score (nSPS) is 14.1. The molecule has 172 valence electrons. The second-order valence-electron chi connectivity index (χ2n) is 7.94. The molecule has 1 aliphatic carbocycles. The molecule has 33 heavy (non-hydrogen) atoms. The van der Waals surface area contributed by atoms with Crippen LogP contribution in [0.15, 0.2) is 42.5 Å². The van der Waals surface area contributed by atoms with Crippen LogP contribution in [0.4, 0.5) is 0 Å². The maximum Gasteiger partial charge on any atom is 0.321 e. The van der Waals surface area contributed by atoms with Crippen molar-refractivity contribution in [3.63, 3.8) is 0 Å². The summed E-state index contributed by atoms with van der Waals surface area (Å²) in [6.07, 6.45) is 0. The number of methoxy groups -OCH3 is 2. The zero-order valence-corrected chi connectivity index (χ0v) is 19.6. The van der Waals surface area contributed by atoms with Gasteiger partial charge < -0.3 is 18.9 Å². The molecular weight excluding hydrogens is 420 g/mol. The first kappa shape index (κ1) is 22.6. The van der Waals surface area contributed by atoms with E-state index in [9.17, 15) is 9.59 Å². The topological polar surface area (TPSA) is 71.1 Å². The number of esters is 2. The van der Waals surface area contributed by atoms with Crippen molar-refractivity contribution >= 4 is 22.7 Å². The first-order valence-electron chi connectivity index (χ1n) is 11.1. The number of rotatable bonds is 7. The van der Waals surface area contributed by atoms with Crippen LogP contribution < -0.4 is 9.47 Å². The number of benzene rings is 3. The number of hydrogen-bond acceptors (Lipinski definition) is 6. The molecule has 0 aromatic heterocycles. The molecular formula is C27H28O6. The van der Waals surface area contributed by atoms with Gasteiger partial charge >= 0.3 is 11.9 Å². The molecule has 6 nitrogen and oxygen atoms in total. The Morgan fingerprint density at radius 2 is 1.48 bits per heavy atom. The number of fused-ring (bicyclic) bond motifs is 4. The van der Waals surface area contributed by atoms with E-state index in [1.165, 1.54) is 0 Å². The van der Waals surface area contributed by atoms with E-state index in [2.05, 4.69) is 18.2 Å². The Morgan fingerprint density at radius 1 is 0.879 bits per heavy atom. The second-order valence-corrected chi connectivity index (χ2v) is 7.94. The molecule has 6 heteroatoms. The third-order valence-corrected chi connectivity index (χ3v) is 6.27. The van der Waals surface area contributed by atoms with Crippen molar-refractivity contribution in [1.82, 2.24) is 0 Å². The summed E-state index contributed by atoms with van der Waals surface area (Å²) in [5.41, 5.74) is 4.61. The van der Waals surface area contributed by atoms with Crippen molar-refractivity contribution in [3.8, 4) is 22.6 Å². The molecule has 3 aromatic rings. The summed E-state index contributed by atoms with van der Waals surface area (Å²) < 4.78 is 21.8. The largest absolute Gasteiger partial charge is 0.493 e. The van der Waals surface area contributed by atoms with E-state index in [-0.39, 0.29) is 13.2 Å². The highest BCUT2D eigenvalue weighted by Gasteiger charge is 2.45. The fourth-order valence-electron chi connectivity index (χ4n) is 4.89. The minimum atomic E-state index is -1.14. The summed E-state index contributed by atoms with van der Waals surface area (Å²) in [5, 5.41) is 2.15. The lowest BCUT2D eigenvalue weighted by Gasteiger charge is -2.24. The average Bonchev–Trinajstić information content (AvgIpc) is 3.12. The minimum absolute atomic E-state index is 0.170. The molecule has 1 atom stereocenters. The van der Waals surface area contributed by atoms with E-state index in [4.69, 9.17) is 18.9 Å². The van der Waals surface area contributed by atoms with Crippen LogP contribution in [0.5, 0.6) is 11.5 Å². The SMILES string of the molecule is CCOC(=O)C(C(=O)OCC)[C@@H]1c2cc(OC)c(OC)cc2-c2cc3ccccc3c(C)c21. The van der Waals surface area contributed by atoms with E-state index in [0.717, 1.165) is 38.6 Å². The summed E-state index contributed by atoms with van der Waals surface area (Å²) in [4.78, 5) is 26.3. The monoisotopic (exact) mass is 448 g/mol. The Balaban J connectivity index is 2.06. The van der Waals surface area contributed by atoms with Crippen molar-refractivity contribution in [1.29, 1.82) is 0 Å². The first-order chi connectivity index (χ1) is 16.0. The van der Waals surface area contributed by atoms with Crippen LogP contribution in [0.2, 0.25) is 0 Å². The van der Waals surface area contributed by atoms with Gasteiger partial charge in [-0.1, -0.05) is 24.3 Å². The maximum atomic E-state index is 13.1. The van der Waals surface area contributed by atoms with Gasteiger partial charge in [0.05, 0.1) is 27.4 Å². The summed E-state index contributed by atoms with van der Waals surface area (Å²) in [6, 6.07) is 14.0. The van der Waals surface area contributed by atoms with Crippen LogP contribution >= 0.6 is 0 Å². The van der Waals surface area contributed by atoms with Crippen LogP contribution in [0.3, 0.4) is 0 Å². The van der Waals surface area contributed by atoms with E-state index in [1.54, 1.807) is 28.1 Å². The molecule has 0 bridgehead atoms. The first-order valence-corrected chi connectivity index (χ1v) is 11.1. The van der Waals surface area contributed by atoms with Crippen LogP contribution in [0.25, 0.3) is 21.9 Å². The predicted octanol–water partition coefficient (Wildman–Crippen LogP) is 5.02. The van der Waals surface area contributed by atoms with Gasteiger partial charge in [0.1, 0.15) is 0 Å². The van der Waals surface area contributed by atoms with Gasteiger partial charge in [0.15, 0.2) is 17.4 Å². The lowest BCUT2D eigenvalue weighted by Crippen LogP contribution is -2.33. The molecule has 0 spiro atoms. The highest BCUT2D eigenvalue weighted by Crippen LogP contribution is 2.54. The maximum absolute atomic E-state index is 13.1. The standard InChI is InChI=1S/C27H28O6/c1-6-32-26(28)25(27(29)33-7-2)24-20-14-22(31-5)21(30-4)13-18(20)19-12-16-10-8-9-11-17(16)15(3)23(19)24/h8-14,24-25H,6-7H2,1-5H3/t24-/m1/s1. The Morgan fingerprint density at radius 3 is 2.09 bits per heavy atom. The molecule has 0 saturated heterocycles. The van der Waals surface area contributed by atoms with Crippen LogP contribution in [-0.4, -0.2) is 39.4 Å². The van der Waals surface area contributed by atoms with Gasteiger partial charge in [0, 0.05) is 5.92 Å². The summed E-state index contributed by atoms with van der Waals surface area (Å²) >= 11 is 0. The smallest absolute Gasteiger partial charge is 0.321 e. The molecule has 0 aliphatic heterocycles. The van der Waals surface area contributed by atoms with Gasteiger partial charge in [0.2, 0.25) is 0 Å². The highest BCUT2D eigenvalue weighted by atomic mass is 16.6.